The third-order valence-electron chi connectivity index (χ3n) is 6.67. The topological polar surface area (TPSA) is 83.5 Å². The predicted octanol–water partition coefficient (Wildman–Crippen LogP) is 5.74. The molecule has 7 nitrogen and oxygen atoms in total. The minimum absolute atomic E-state index is 0. The van der Waals surface area contributed by atoms with E-state index in [1.54, 1.807) is 18.3 Å². The van der Waals surface area contributed by atoms with Crippen LogP contribution in [0.3, 0.4) is 0 Å². The van der Waals surface area contributed by atoms with Crippen LogP contribution in [0.4, 0.5) is 4.39 Å². The van der Waals surface area contributed by atoms with Crippen LogP contribution in [-0.2, 0) is 0 Å². The summed E-state index contributed by atoms with van der Waals surface area (Å²) in [5.74, 6) is 0.233. The quantitative estimate of drug-likeness (QED) is 0.349. The number of aryl methyl sites for hydroxylation is 1. The molecule has 2 aromatic carbocycles. The van der Waals surface area contributed by atoms with E-state index in [1.165, 1.54) is 13.2 Å². The largest absolute Gasteiger partial charge is 0.506 e. The molecule has 0 spiro atoms. The van der Waals surface area contributed by atoms with E-state index >= 15 is 4.39 Å². The van der Waals surface area contributed by atoms with Crippen molar-refractivity contribution in [1.82, 2.24) is 20.1 Å². The Morgan fingerprint density at radius 3 is 2.66 bits per heavy atom. The minimum Gasteiger partial charge on any atom is -0.506 e. The standard InChI is InChI=1S/C25H26ClFN4O3.ClH/c1-13-19-16-11-28-30-25(16)29-22(15-4-5-18(32)17(26)10-15)20(19)21(27)24(33-3)23(13)34-12-14-6-8-31(2)9-7-14;/h4-5,10-11,14,32H,6-9,12H2,1-3H3,(H,28,29,30);1H. The molecule has 0 saturated carbocycles. The molecule has 2 aromatic heterocycles. The van der Waals surface area contributed by atoms with Crippen LogP contribution in [0, 0.1) is 18.7 Å². The molecule has 5 rings (SSSR count). The third-order valence-corrected chi connectivity index (χ3v) is 6.97. The number of nitrogens with one attached hydrogen (secondary N) is 1. The lowest BCUT2D eigenvalue weighted by molar-refractivity contribution is 0.156. The zero-order chi connectivity index (χ0) is 24.0. The fourth-order valence-corrected chi connectivity index (χ4v) is 4.90. The van der Waals surface area contributed by atoms with Gasteiger partial charge in [-0.15, -0.1) is 12.4 Å². The summed E-state index contributed by atoms with van der Waals surface area (Å²) in [6.07, 6.45) is 3.71. The van der Waals surface area contributed by atoms with E-state index in [9.17, 15) is 5.11 Å². The number of fused-ring (bicyclic) bond motifs is 3. The van der Waals surface area contributed by atoms with Crippen LogP contribution in [0.5, 0.6) is 17.2 Å². The number of rotatable bonds is 5. The summed E-state index contributed by atoms with van der Waals surface area (Å²) in [6, 6.07) is 4.67. The number of halogens is 3. The SMILES string of the molecule is COc1c(OCC2CCN(C)CC2)c(C)c2c(c(-c3ccc(O)c(Cl)c3)nc3[nH]ncc32)c1F.Cl. The van der Waals surface area contributed by atoms with Crippen LogP contribution < -0.4 is 9.47 Å². The molecule has 4 aromatic rings. The number of methoxy groups -OCH3 is 1. The molecule has 1 saturated heterocycles. The Morgan fingerprint density at radius 2 is 1.97 bits per heavy atom. The van der Waals surface area contributed by atoms with Gasteiger partial charge >= 0.3 is 0 Å². The molecule has 1 aliphatic rings. The van der Waals surface area contributed by atoms with Crippen molar-refractivity contribution in [3.05, 3.63) is 40.8 Å². The molecule has 2 N–H and O–H groups in total. The van der Waals surface area contributed by atoms with Gasteiger partial charge in [0, 0.05) is 27.3 Å². The van der Waals surface area contributed by atoms with E-state index in [4.69, 9.17) is 21.1 Å². The van der Waals surface area contributed by atoms with E-state index in [2.05, 4.69) is 27.1 Å². The average Bonchev–Trinajstić information content (AvgIpc) is 3.30. The Morgan fingerprint density at radius 1 is 1.23 bits per heavy atom. The van der Waals surface area contributed by atoms with Gasteiger partial charge < -0.3 is 19.5 Å². The molecule has 0 atom stereocenters. The van der Waals surface area contributed by atoms with Crippen molar-refractivity contribution in [2.45, 2.75) is 19.8 Å². The van der Waals surface area contributed by atoms with E-state index in [0.29, 0.717) is 46.0 Å². The molecule has 186 valence electrons. The average molecular weight is 521 g/mol. The lowest BCUT2D eigenvalue weighted by Gasteiger charge is -2.29. The number of aromatic nitrogens is 3. The molecule has 0 aliphatic carbocycles. The van der Waals surface area contributed by atoms with Crippen LogP contribution in [0.2, 0.25) is 5.02 Å². The summed E-state index contributed by atoms with van der Waals surface area (Å²) < 4.78 is 27.9. The number of aromatic amines is 1. The molecule has 10 heteroatoms. The van der Waals surface area contributed by atoms with Gasteiger partial charge in [-0.05, 0) is 64.0 Å². The van der Waals surface area contributed by atoms with Crippen molar-refractivity contribution in [2.24, 2.45) is 5.92 Å². The molecule has 35 heavy (non-hydrogen) atoms. The highest BCUT2D eigenvalue weighted by atomic mass is 35.5. The normalized spacial score (nSPS) is 14.9. The first-order valence-electron chi connectivity index (χ1n) is 11.2. The highest BCUT2D eigenvalue weighted by Crippen LogP contribution is 2.46. The van der Waals surface area contributed by atoms with E-state index in [0.717, 1.165) is 31.5 Å². The van der Waals surface area contributed by atoms with Gasteiger partial charge in [0.05, 0.1) is 30.6 Å². The van der Waals surface area contributed by atoms with Crippen LogP contribution in [0.15, 0.2) is 24.4 Å². The second-order valence-electron chi connectivity index (χ2n) is 8.87. The van der Waals surface area contributed by atoms with Gasteiger partial charge in [0.15, 0.2) is 23.0 Å². The lowest BCUT2D eigenvalue weighted by atomic mass is 9.96. The van der Waals surface area contributed by atoms with E-state index < -0.39 is 5.82 Å². The smallest absolute Gasteiger partial charge is 0.197 e. The van der Waals surface area contributed by atoms with Gasteiger partial charge in [-0.1, -0.05) is 11.6 Å². The fraction of sp³-hybridized carbons (Fsp3) is 0.360. The van der Waals surface area contributed by atoms with Crippen molar-refractivity contribution in [3.8, 4) is 28.5 Å². The predicted molar refractivity (Wildman–Crippen MR) is 138 cm³/mol. The molecule has 0 amide bonds. The summed E-state index contributed by atoms with van der Waals surface area (Å²) in [5.41, 5.74) is 2.20. The first-order chi connectivity index (χ1) is 16.4. The molecular weight excluding hydrogens is 494 g/mol. The van der Waals surface area contributed by atoms with Gasteiger partial charge in [0.25, 0.3) is 0 Å². The second-order valence-corrected chi connectivity index (χ2v) is 9.28. The van der Waals surface area contributed by atoms with Crippen LogP contribution in [0.1, 0.15) is 18.4 Å². The molecule has 1 fully saturated rings. The molecule has 0 radical (unpaired) electrons. The maximum absolute atomic E-state index is 16.1. The minimum atomic E-state index is -0.559. The Balaban J connectivity index is 0.00000289. The zero-order valence-corrected chi connectivity index (χ0v) is 21.3. The number of nitrogens with zero attached hydrogens (tertiary/aromatic N) is 3. The van der Waals surface area contributed by atoms with Gasteiger partial charge in [-0.25, -0.2) is 9.37 Å². The summed E-state index contributed by atoms with van der Waals surface area (Å²) in [4.78, 5) is 6.94. The number of likely N-dealkylation sites (tertiary alicyclic amines) is 1. The number of hydrogen-bond acceptors (Lipinski definition) is 6. The Labute approximate surface area is 213 Å². The van der Waals surface area contributed by atoms with Crippen LogP contribution in [-0.4, -0.2) is 59.0 Å². The Kier molecular flexibility index (Phi) is 7.26. The maximum Gasteiger partial charge on any atom is 0.197 e. The summed E-state index contributed by atoms with van der Waals surface area (Å²) in [5, 5.41) is 18.7. The summed E-state index contributed by atoms with van der Waals surface area (Å²) in [6.45, 7) is 4.44. The number of piperidine rings is 1. The van der Waals surface area contributed by atoms with Gasteiger partial charge in [-0.3, -0.25) is 5.10 Å². The van der Waals surface area contributed by atoms with Crippen molar-refractivity contribution < 1.29 is 19.0 Å². The first-order valence-corrected chi connectivity index (χ1v) is 11.6. The number of benzene rings is 2. The monoisotopic (exact) mass is 520 g/mol. The Bertz CT molecular complexity index is 1390. The number of aromatic hydroxyl groups is 1. The summed E-state index contributed by atoms with van der Waals surface area (Å²) in [7, 11) is 3.55. The van der Waals surface area contributed by atoms with Crippen molar-refractivity contribution in [2.75, 3.05) is 33.9 Å². The van der Waals surface area contributed by atoms with Gasteiger partial charge in [0.2, 0.25) is 0 Å². The van der Waals surface area contributed by atoms with Crippen LogP contribution >= 0.6 is 24.0 Å². The highest BCUT2D eigenvalue weighted by molar-refractivity contribution is 6.32. The number of H-pyrrole nitrogens is 1. The van der Waals surface area contributed by atoms with Crippen LogP contribution in [0.25, 0.3) is 33.1 Å². The number of pyridine rings is 1. The molecule has 0 bridgehead atoms. The number of phenolic OH excluding ortho intramolecular Hbond substituents is 1. The van der Waals surface area contributed by atoms with E-state index in [1.807, 2.05) is 6.92 Å². The number of hydrogen-bond donors (Lipinski definition) is 2. The maximum atomic E-state index is 16.1. The third kappa shape index (κ3) is 4.46. The molecule has 3 heterocycles. The first kappa shape index (κ1) is 25.3. The van der Waals surface area contributed by atoms with Gasteiger partial charge in [-0.2, -0.15) is 5.10 Å². The second kappa shape index (κ2) is 10.0. The lowest BCUT2D eigenvalue weighted by Crippen LogP contribution is -2.32. The summed E-state index contributed by atoms with van der Waals surface area (Å²) >= 11 is 6.15. The molecule has 1 aliphatic heterocycles. The van der Waals surface area contributed by atoms with Crippen molar-refractivity contribution in [3.63, 3.8) is 0 Å². The van der Waals surface area contributed by atoms with Crippen molar-refractivity contribution in [1.29, 1.82) is 0 Å². The van der Waals surface area contributed by atoms with Crippen molar-refractivity contribution >= 4 is 45.8 Å². The fourth-order valence-electron chi connectivity index (χ4n) is 4.72. The Hall–Kier alpha value is -2.81. The molecular formula is C25H27Cl2FN4O3. The van der Waals surface area contributed by atoms with Gasteiger partial charge in [0.1, 0.15) is 5.75 Å². The number of phenols is 1. The number of ether oxygens (including phenoxy) is 2. The zero-order valence-electron chi connectivity index (χ0n) is 19.7. The molecule has 0 unspecified atom stereocenters. The van der Waals surface area contributed by atoms with E-state index in [-0.39, 0.29) is 34.3 Å². The highest BCUT2D eigenvalue weighted by Gasteiger charge is 2.27.